The van der Waals surface area contributed by atoms with Gasteiger partial charge in [-0.15, -0.1) is 0 Å². The van der Waals surface area contributed by atoms with E-state index in [9.17, 15) is 18.8 Å². The highest BCUT2D eigenvalue weighted by molar-refractivity contribution is 6.08. The molecule has 0 bridgehead atoms. The average Bonchev–Trinajstić information content (AvgIpc) is 3.38. The number of hydrogen-bond acceptors (Lipinski definition) is 3. The van der Waals surface area contributed by atoms with Crippen LogP contribution in [-0.2, 0) is 4.79 Å². The van der Waals surface area contributed by atoms with E-state index < -0.39 is 0 Å². The number of aryl methyl sites for hydroxylation is 1. The van der Waals surface area contributed by atoms with E-state index >= 15 is 0 Å². The van der Waals surface area contributed by atoms with Crippen LogP contribution in [-0.4, -0.2) is 51.2 Å². The summed E-state index contributed by atoms with van der Waals surface area (Å²) in [6.07, 6.45) is 1.83. The molecular formula is C20H20FN3O3. The van der Waals surface area contributed by atoms with Gasteiger partial charge in [-0.25, -0.2) is 9.18 Å². The minimum Gasteiger partial charge on any atom is -0.318 e. The van der Waals surface area contributed by atoms with Gasteiger partial charge >= 0.3 is 6.03 Å². The van der Waals surface area contributed by atoms with Gasteiger partial charge in [0.05, 0.1) is 6.54 Å². The molecule has 140 valence electrons. The van der Waals surface area contributed by atoms with Crippen molar-refractivity contribution >= 4 is 17.7 Å². The quantitative estimate of drug-likeness (QED) is 0.601. The fourth-order valence-electron chi connectivity index (χ4n) is 3.65. The van der Waals surface area contributed by atoms with Crippen molar-refractivity contribution in [3.05, 3.63) is 53.1 Å². The number of carbonyl (C=O) groups excluding carboxylic acids is 3. The predicted octanol–water partition coefficient (Wildman–Crippen LogP) is 2.84. The maximum atomic E-state index is 13.2. The van der Waals surface area contributed by atoms with Crippen LogP contribution in [0.15, 0.2) is 30.3 Å². The van der Waals surface area contributed by atoms with Gasteiger partial charge in [-0.2, -0.15) is 0 Å². The van der Waals surface area contributed by atoms with Crippen LogP contribution in [0.2, 0.25) is 0 Å². The Labute approximate surface area is 156 Å². The zero-order valence-electron chi connectivity index (χ0n) is 15.2. The van der Waals surface area contributed by atoms with Crippen LogP contribution in [0.1, 0.15) is 34.6 Å². The number of urea groups is 1. The highest BCUT2D eigenvalue weighted by Gasteiger charge is 2.44. The fourth-order valence-corrected chi connectivity index (χ4v) is 3.65. The first-order chi connectivity index (χ1) is 12.9. The van der Waals surface area contributed by atoms with E-state index in [0.29, 0.717) is 11.3 Å². The first-order valence-electron chi connectivity index (χ1n) is 8.96. The molecule has 0 unspecified atom stereocenters. The molecule has 1 aliphatic heterocycles. The Morgan fingerprint density at radius 3 is 2.44 bits per heavy atom. The van der Waals surface area contributed by atoms with Crippen LogP contribution < -0.4 is 0 Å². The SMILES string of the molecule is Cc1cc(C(=O)CN2C(=O)CN(C3CC3)C2=O)c(C)n1-c1ccc(F)cc1. The zero-order valence-corrected chi connectivity index (χ0v) is 15.2. The maximum absolute atomic E-state index is 13.2. The number of benzene rings is 1. The molecule has 3 amide bonds. The Morgan fingerprint density at radius 2 is 1.81 bits per heavy atom. The summed E-state index contributed by atoms with van der Waals surface area (Å²) in [5.74, 6) is -0.938. The van der Waals surface area contributed by atoms with Crippen molar-refractivity contribution in [3.8, 4) is 5.69 Å². The molecule has 2 heterocycles. The summed E-state index contributed by atoms with van der Waals surface area (Å²) in [5.41, 5.74) is 2.73. The number of imide groups is 1. The smallest absolute Gasteiger partial charge is 0.318 e. The molecule has 6 nitrogen and oxygen atoms in total. The van der Waals surface area contributed by atoms with E-state index in [1.165, 1.54) is 12.1 Å². The summed E-state index contributed by atoms with van der Waals surface area (Å²) < 4.78 is 15.1. The van der Waals surface area contributed by atoms with Crippen molar-refractivity contribution in [1.82, 2.24) is 14.4 Å². The largest absolute Gasteiger partial charge is 0.327 e. The predicted molar refractivity (Wildman–Crippen MR) is 96.4 cm³/mol. The van der Waals surface area contributed by atoms with Crippen LogP contribution in [0, 0.1) is 19.7 Å². The number of amides is 3. The lowest BCUT2D eigenvalue weighted by atomic mass is 10.1. The average molecular weight is 369 g/mol. The van der Waals surface area contributed by atoms with Crippen molar-refractivity contribution in [1.29, 1.82) is 0 Å². The normalized spacial score (nSPS) is 17.1. The number of Topliss-reactive ketones (excluding diaryl/α,β-unsaturated/α-hetero) is 1. The minimum absolute atomic E-state index is 0.0609. The second-order valence-corrected chi connectivity index (χ2v) is 7.14. The van der Waals surface area contributed by atoms with Crippen molar-refractivity contribution < 1.29 is 18.8 Å². The summed E-state index contributed by atoms with van der Waals surface area (Å²) >= 11 is 0. The lowest BCUT2D eigenvalue weighted by Crippen LogP contribution is -2.37. The van der Waals surface area contributed by atoms with Gasteiger partial charge in [0.15, 0.2) is 5.78 Å². The number of halogens is 1. The molecule has 2 fully saturated rings. The minimum atomic E-state index is -0.372. The molecule has 1 saturated carbocycles. The first kappa shape index (κ1) is 17.5. The lowest BCUT2D eigenvalue weighted by Gasteiger charge is -2.16. The van der Waals surface area contributed by atoms with Gasteiger partial charge < -0.3 is 9.47 Å². The highest BCUT2D eigenvalue weighted by Crippen LogP contribution is 2.30. The standard InChI is InChI=1S/C20H20FN3O3/c1-12-9-17(13(2)24(12)16-5-3-14(21)4-6-16)18(25)10-23-19(26)11-22(20(23)27)15-7-8-15/h3-6,9,15H,7-8,10-11H2,1-2H3. The first-order valence-corrected chi connectivity index (χ1v) is 8.96. The molecule has 1 aromatic heterocycles. The van der Waals surface area contributed by atoms with Crippen LogP contribution in [0.3, 0.4) is 0 Å². The molecular weight excluding hydrogens is 349 g/mol. The summed E-state index contributed by atoms with van der Waals surface area (Å²) in [5, 5.41) is 0. The lowest BCUT2D eigenvalue weighted by molar-refractivity contribution is -0.125. The van der Waals surface area contributed by atoms with Gasteiger partial charge in [-0.3, -0.25) is 14.5 Å². The molecule has 0 atom stereocenters. The number of ketones is 1. The fraction of sp³-hybridized carbons (Fsp3) is 0.350. The van der Waals surface area contributed by atoms with Crippen molar-refractivity contribution in [2.75, 3.05) is 13.1 Å². The molecule has 27 heavy (non-hydrogen) atoms. The second-order valence-electron chi connectivity index (χ2n) is 7.14. The molecule has 0 N–H and O–H groups in total. The van der Waals surface area contributed by atoms with Gasteiger partial charge in [0.2, 0.25) is 0 Å². The number of nitrogens with zero attached hydrogens (tertiary/aromatic N) is 3. The van der Waals surface area contributed by atoms with Crippen LogP contribution >= 0.6 is 0 Å². The third-order valence-corrected chi connectivity index (χ3v) is 5.19. The number of carbonyl (C=O) groups is 3. The van der Waals surface area contributed by atoms with Gasteiger partial charge in [0.25, 0.3) is 5.91 Å². The highest BCUT2D eigenvalue weighted by atomic mass is 19.1. The summed E-state index contributed by atoms with van der Waals surface area (Å²) in [6, 6.07) is 7.53. The third-order valence-electron chi connectivity index (χ3n) is 5.19. The molecule has 1 aromatic carbocycles. The Morgan fingerprint density at radius 1 is 1.15 bits per heavy atom. The van der Waals surface area contributed by atoms with Gasteiger partial charge in [0.1, 0.15) is 12.4 Å². The third kappa shape index (κ3) is 3.03. The zero-order chi connectivity index (χ0) is 19.3. The molecule has 7 heteroatoms. The van der Waals surface area contributed by atoms with E-state index in [2.05, 4.69) is 0 Å². The van der Waals surface area contributed by atoms with E-state index in [1.54, 1.807) is 30.0 Å². The van der Waals surface area contributed by atoms with E-state index in [-0.39, 0.29) is 42.7 Å². The van der Waals surface area contributed by atoms with Crippen LogP contribution in [0.25, 0.3) is 5.69 Å². The van der Waals surface area contributed by atoms with Crippen LogP contribution in [0.4, 0.5) is 9.18 Å². The molecule has 2 aromatic rings. The number of hydrogen-bond donors (Lipinski definition) is 0. The second kappa shape index (κ2) is 6.33. The van der Waals surface area contributed by atoms with E-state index in [4.69, 9.17) is 0 Å². The Balaban J connectivity index is 1.58. The topological polar surface area (TPSA) is 62.6 Å². The van der Waals surface area contributed by atoms with Crippen molar-refractivity contribution in [3.63, 3.8) is 0 Å². The van der Waals surface area contributed by atoms with E-state index in [0.717, 1.165) is 29.1 Å². The molecule has 0 radical (unpaired) electrons. The summed E-state index contributed by atoms with van der Waals surface area (Å²) in [4.78, 5) is 40.0. The van der Waals surface area contributed by atoms with Crippen molar-refractivity contribution in [2.45, 2.75) is 32.7 Å². The summed E-state index contributed by atoms with van der Waals surface area (Å²) in [7, 11) is 0. The number of rotatable bonds is 5. The van der Waals surface area contributed by atoms with Gasteiger partial charge in [0, 0.05) is 28.7 Å². The monoisotopic (exact) mass is 369 g/mol. The van der Waals surface area contributed by atoms with Crippen molar-refractivity contribution in [2.24, 2.45) is 0 Å². The summed E-state index contributed by atoms with van der Waals surface area (Å²) in [6.45, 7) is 3.46. The Bertz CT molecular complexity index is 944. The Hall–Kier alpha value is -2.96. The van der Waals surface area contributed by atoms with Crippen LogP contribution in [0.5, 0.6) is 0 Å². The maximum Gasteiger partial charge on any atom is 0.327 e. The number of aromatic nitrogens is 1. The van der Waals surface area contributed by atoms with E-state index in [1.807, 2.05) is 11.5 Å². The molecule has 0 spiro atoms. The molecule has 4 rings (SSSR count). The molecule has 1 aliphatic carbocycles. The molecule has 2 aliphatic rings. The van der Waals surface area contributed by atoms with Gasteiger partial charge in [-0.1, -0.05) is 0 Å². The van der Waals surface area contributed by atoms with Gasteiger partial charge in [-0.05, 0) is 57.0 Å². The Kier molecular flexibility index (Phi) is 4.09. The molecule has 1 saturated heterocycles.